The Labute approximate surface area is 123 Å². The fraction of sp³-hybridized carbons (Fsp3) is 0.500. The number of hydrogen-bond acceptors (Lipinski definition) is 3. The van der Waals surface area contributed by atoms with Gasteiger partial charge in [0.15, 0.2) is 0 Å². The molecule has 5 heteroatoms. The van der Waals surface area contributed by atoms with Crippen molar-refractivity contribution in [1.82, 2.24) is 4.90 Å². The van der Waals surface area contributed by atoms with Crippen LogP contribution in [0.4, 0.5) is 4.79 Å². The van der Waals surface area contributed by atoms with Gasteiger partial charge in [-0.1, -0.05) is 30.3 Å². The van der Waals surface area contributed by atoms with Crippen molar-refractivity contribution in [1.29, 1.82) is 0 Å². The van der Waals surface area contributed by atoms with Crippen molar-refractivity contribution in [3.05, 3.63) is 35.9 Å². The third kappa shape index (κ3) is 2.60. The summed E-state index contributed by atoms with van der Waals surface area (Å²) in [6, 6.07) is 9.56. The van der Waals surface area contributed by atoms with Crippen molar-refractivity contribution in [2.24, 2.45) is 5.92 Å². The summed E-state index contributed by atoms with van der Waals surface area (Å²) < 4.78 is 5.38. The molecule has 1 aromatic rings. The quantitative estimate of drug-likeness (QED) is 0.929. The minimum Gasteiger partial charge on any atom is -0.481 e. The molecule has 1 spiro atoms. The lowest BCUT2D eigenvalue weighted by molar-refractivity contribution is -0.150. The summed E-state index contributed by atoms with van der Waals surface area (Å²) in [5.41, 5.74) is 0.688. The molecule has 5 nitrogen and oxygen atoms in total. The van der Waals surface area contributed by atoms with E-state index in [1.54, 1.807) is 4.90 Å². The molecular weight excluding hydrogens is 270 g/mol. The molecule has 1 aromatic carbocycles. The van der Waals surface area contributed by atoms with Gasteiger partial charge in [-0.15, -0.1) is 0 Å². The molecule has 0 bridgehead atoms. The fourth-order valence-electron chi connectivity index (χ4n) is 3.48. The van der Waals surface area contributed by atoms with E-state index in [0.29, 0.717) is 19.4 Å². The molecule has 1 aliphatic carbocycles. The second-order valence-electron chi connectivity index (χ2n) is 5.96. The van der Waals surface area contributed by atoms with Crippen LogP contribution in [0.3, 0.4) is 0 Å². The van der Waals surface area contributed by atoms with E-state index in [1.807, 2.05) is 30.3 Å². The van der Waals surface area contributed by atoms with Gasteiger partial charge in [0, 0.05) is 12.1 Å². The first kappa shape index (κ1) is 13.9. The first-order valence-corrected chi connectivity index (χ1v) is 7.32. The van der Waals surface area contributed by atoms with Gasteiger partial charge in [0.1, 0.15) is 6.61 Å². The summed E-state index contributed by atoms with van der Waals surface area (Å²) in [5.74, 6) is -1.07. The molecule has 1 saturated carbocycles. The molecule has 0 unspecified atom stereocenters. The van der Waals surface area contributed by atoms with E-state index in [2.05, 4.69) is 0 Å². The van der Waals surface area contributed by atoms with E-state index >= 15 is 0 Å². The normalized spacial score (nSPS) is 27.4. The smallest absolute Gasteiger partial charge is 0.410 e. The molecule has 3 rings (SSSR count). The van der Waals surface area contributed by atoms with Crippen LogP contribution in [0.2, 0.25) is 0 Å². The number of carbonyl (C=O) groups is 2. The molecule has 21 heavy (non-hydrogen) atoms. The first-order valence-electron chi connectivity index (χ1n) is 7.32. The lowest BCUT2D eigenvalue weighted by Crippen LogP contribution is -2.57. The highest BCUT2D eigenvalue weighted by Gasteiger charge is 2.55. The predicted molar refractivity (Wildman–Crippen MR) is 75.7 cm³/mol. The minimum atomic E-state index is -0.759. The molecule has 1 N–H and O–H groups in total. The summed E-state index contributed by atoms with van der Waals surface area (Å²) >= 11 is 0. The Morgan fingerprint density at radius 2 is 2.00 bits per heavy atom. The minimum absolute atomic E-state index is 0.259. The Kier molecular flexibility index (Phi) is 3.57. The molecule has 1 amide bonds. The summed E-state index contributed by atoms with van der Waals surface area (Å²) in [6.07, 6.45) is 2.61. The van der Waals surface area contributed by atoms with E-state index in [0.717, 1.165) is 18.4 Å². The first-order chi connectivity index (χ1) is 10.1. The van der Waals surface area contributed by atoms with E-state index in [4.69, 9.17) is 9.84 Å². The van der Waals surface area contributed by atoms with Crippen LogP contribution in [0.25, 0.3) is 0 Å². The maximum Gasteiger partial charge on any atom is 0.410 e. The number of carbonyl (C=O) groups excluding carboxylic acids is 1. The lowest BCUT2D eigenvalue weighted by atomic mass is 9.67. The van der Waals surface area contributed by atoms with Gasteiger partial charge in [-0.25, -0.2) is 4.79 Å². The molecule has 0 atom stereocenters. The fourth-order valence-corrected chi connectivity index (χ4v) is 3.48. The summed E-state index contributed by atoms with van der Waals surface area (Å²) in [6.45, 7) is 0.925. The largest absolute Gasteiger partial charge is 0.481 e. The third-order valence-corrected chi connectivity index (χ3v) is 4.62. The number of aliphatic carboxylic acids is 1. The molecule has 0 radical (unpaired) electrons. The Hall–Kier alpha value is -2.04. The molecule has 1 aliphatic heterocycles. The number of amides is 1. The summed E-state index contributed by atoms with van der Waals surface area (Å²) in [5, 5.41) is 9.02. The number of carboxylic acids is 1. The van der Waals surface area contributed by atoms with Gasteiger partial charge in [-0.05, 0) is 31.2 Å². The zero-order valence-corrected chi connectivity index (χ0v) is 11.8. The van der Waals surface area contributed by atoms with Crippen LogP contribution >= 0.6 is 0 Å². The van der Waals surface area contributed by atoms with Gasteiger partial charge in [-0.2, -0.15) is 0 Å². The number of benzene rings is 1. The van der Waals surface area contributed by atoms with Gasteiger partial charge in [0.2, 0.25) is 0 Å². The van der Waals surface area contributed by atoms with Crippen molar-refractivity contribution >= 4 is 12.1 Å². The van der Waals surface area contributed by atoms with Gasteiger partial charge in [0.05, 0.1) is 5.92 Å². The monoisotopic (exact) mass is 289 g/mol. The molecule has 112 valence electrons. The van der Waals surface area contributed by atoms with E-state index in [1.165, 1.54) is 0 Å². The van der Waals surface area contributed by atoms with Crippen molar-refractivity contribution in [2.75, 3.05) is 6.54 Å². The van der Waals surface area contributed by atoms with Crippen LogP contribution in [0.1, 0.15) is 31.2 Å². The number of nitrogens with zero attached hydrogens (tertiary/aromatic N) is 1. The van der Waals surface area contributed by atoms with Gasteiger partial charge in [-0.3, -0.25) is 4.79 Å². The molecule has 1 saturated heterocycles. The number of carboxylic acid groups (broad SMARTS) is 1. The average Bonchev–Trinajstić information content (AvgIpc) is 2.89. The van der Waals surface area contributed by atoms with Crippen LogP contribution in [0.15, 0.2) is 30.3 Å². The highest BCUT2D eigenvalue weighted by molar-refractivity contribution is 5.74. The SMILES string of the molecule is O=C(O)C1CC2(CCCN2C(=O)OCc2ccccc2)C1. The standard InChI is InChI=1S/C16H19NO4/c18-14(19)13-9-16(10-13)7-4-8-17(16)15(20)21-11-12-5-2-1-3-6-12/h1-3,5-6,13H,4,7-11H2,(H,18,19). The van der Waals surface area contributed by atoms with Crippen LogP contribution in [-0.4, -0.2) is 34.2 Å². The Balaban J connectivity index is 1.58. The highest BCUT2D eigenvalue weighted by Crippen LogP contribution is 2.49. The molecular formula is C16H19NO4. The van der Waals surface area contributed by atoms with Crippen LogP contribution in [0.5, 0.6) is 0 Å². The average molecular weight is 289 g/mol. The van der Waals surface area contributed by atoms with Crippen molar-refractivity contribution in [2.45, 2.75) is 37.8 Å². The zero-order valence-electron chi connectivity index (χ0n) is 11.8. The Morgan fingerprint density at radius 1 is 1.29 bits per heavy atom. The zero-order chi connectivity index (χ0) is 14.9. The van der Waals surface area contributed by atoms with Gasteiger partial charge >= 0.3 is 12.1 Å². The number of likely N-dealkylation sites (tertiary alicyclic amines) is 1. The van der Waals surface area contributed by atoms with Gasteiger partial charge < -0.3 is 14.7 Å². The second kappa shape index (κ2) is 5.39. The predicted octanol–water partition coefficient (Wildman–Crippen LogP) is 2.65. The van der Waals surface area contributed by atoms with Gasteiger partial charge in [0.25, 0.3) is 0 Å². The van der Waals surface area contributed by atoms with Crippen molar-refractivity contribution in [3.8, 4) is 0 Å². The summed E-state index contributed by atoms with van der Waals surface area (Å²) in [4.78, 5) is 25.0. The Morgan fingerprint density at radius 3 is 2.67 bits per heavy atom. The molecule has 2 aliphatic rings. The highest BCUT2D eigenvalue weighted by atomic mass is 16.6. The second-order valence-corrected chi connectivity index (χ2v) is 5.96. The van der Waals surface area contributed by atoms with Crippen molar-refractivity contribution < 1.29 is 19.4 Å². The number of rotatable bonds is 3. The summed E-state index contributed by atoms with van der Waals surface area (Å²) in [7, 11) is 0. The maximum absolute atomic E-state index is 12.3. The van der Waals surface area contributed by atoms with E-state index in [-0.39, 0.29) is 24.2 Å². The van der Waals surface area contributed by atoms with Crippen LogP contribution in [0, 0.1) is 5.92 Å². The third-order valence-electron chi connectivity index (χ3n) is 4.62. The van der Waals surface area contributed by atoms with E-state index < -0.39 is 5.97 Å². The van der Waals surface area contributed by atoms with Crippen LogP contribution in [-0.2, 0) is 16.1 Å². The number of hydrogen-bond donors (Lipinski definition) is 1. The molecule has 1 heterocycles. The van der Waals surface area contributed by atoms with Crippen molar-refractivity contribution in [3.63, 3.8) is 0 Å². The Bertz CT molecular complexity index is 536. The lowest BCUT2D eigenvalue weighted by Gasteiger charge is -2.48. The maximum atomic E-state index is 12.3. The number of ether oxygens (including phenoxy) is 1. The van der Waals surface area contributed by atoms with Crippen LogP contribution < -0.4 is 0 Å². The van der Waals surface area contributed by atoms with E-state index in [9.17, 15) is 9.59 Å². The molecule has 0 aromatic heterocycles. The molecule has 2 fully saturated rings. The topological polar surface area (TPSA) is 66.8 Å².